The molecule has 2 amide bonds. The van der Waals surface area contributed by atoms with Crippen LogP contribution in [0.3, 0.4) is 0 Å². The third-order valence-corrected chi connectivity index (χ3v) is 5.90. The van der Waals surface area contributed by atoms with Crippen molar-refractivity contribution in [1.29, 1.82) is 0 Å². The molecule has 0 aromatic carbocycles. The molecular weight excluding hydrogens is 342 g/mol. The van der Waals surface area contributed by atoms with Gasteiger partial charge in [-0.3, -0.25) is 9.59 Å². The second kappa shape index (κ2) is 7.44. The maximum Gasteiger partial charge on any atom is 0.252 e. The molecule has 7 heteroatoms. The van der Waals surface area contributed by atoms with E-state index < -0.39 is 0 Å². The lowest BCUT2D eigenvalue weighted by Gasteiger charge is -2.32. The molecule has 24 heavy (non-hydrogen) atoms. The van der Waals surface area contributed by atoms with Crippen molar-refractivity contribution in [3.05, 3.63) is 38.0 Å². The predicted octanol–water partition coefficient (Wildman–Crippen LogP) is 2.78. The molecule has 1 N–H and O–H groups in total. The highest BCUT2D eigenvalue weighted by Crippen LogP contribution is 2.19. The summed E-state index contributed by atoms with van der Waals surface area (Å²) >= 11 is 3.15. The lowest BCUT2D eigenvalue weighted by atomic mass is 10.0. The molecule has 5 nitrogen and oxygen atoms in total. The Hall–Kier alpha value is -1.73. The molecule has 0 spiro atoms. The van der Waals surface area contributed by atoms with E-state index >= 15 is 0 Å². The van der Waals surface area contributed by atoms with Crippen LogP contribution in [0.1, 0.15) is 38.8 Å². The van der Waals surface area contributed by atoms with E-state index in [4.69, 9.17) is 0 Å². The number of nitrogens with one attached hydrogen (secondary N) is 1. The van der Waals surface area contributed by atoms with E-state index in [1.807, 2.05) is 35.6 Å². The van der Waals surface area contributed by atoms with Gasteiger partial charge in [0.15, 0.2) is 0 Å². The first-order valence-electron chi connectivity index (χ1n) is 8.06. The Balaban J connectivity index is 1.48. The summed E-state index contributed by atoms with van der Waals surface area (Å²) in [6.07, 6.45) is 1.98. The number of carbonyl (C=O) groups excluding carboxylic acids is 2. The molecule has 0 atom stereocenters. The Bertz CT molecular complexity index is 716. The topological polar surface area (TPSA) is 62.3 Å². The zero-order valence-corrected chi connectivity index (χ0v) is 15.5. The smallest absolute Gasteiger partial charge is 0.252 e. The number of aryl methyl sites for hydroxylation is 2. The molecule has 0 bridgehead atoms. The maximum absolute atomic E-state index is 12.4. The number of thiazole rings is 1. The third kappa shape index (κ3) is 4.02. The Morgan fingerprint density at radius 2 is 2.08 bits per heavy atom. The van der Waals surface area contributed by atoms with Gasteiger partial charge in [-0.1, -0.05) is 0 Å². The van der Waals surface area contributed by atoms with Crippen LogP contribution in [0.4, 0.5) is 0 Å². The van der Waals surface area contributed by atoms with Crippen LogP contribution in [0.2, 0.25) is 0 Å². The molecule has 0 unspecified atom stereocenters. The fourth-order valence-corrected chi connectivity index (χ4v) is 4.40. The summed E-state index contributed by atoms with van der Waals surface area (Å²) in [6.45, 7) is 5.36. The van der Waals surface area contributed by atoms with Gasteiger partial charge in [0.05, 0.1) is 17.1 Å². The van der Waals surface area contributed by atoms with Crippen LogP contribution in [-0.2, 0) is 11.2 Å². The van der Waals surface area contributed by atoms with Gasteiger partial charge >= 0.3 is 0 Å². The Morgan fingerprint density at radius 3 is 2.67 bits per heavy atom. The van der Waals surface area contributed by atoms with E-state index in [1.54, 1.807) is 11.3 Å². The second-order valence-corrected chi connectivity index (χ2v) is 8.24. The van der Waals surface area contributed by atoms with E-state index in [1.165, 1.54) is 11.3 Å². The Morgan fingerprint density at radius 1 is 1.33 bits per heavy atom. The quantitative estimate of drug-likeness (QED) is 0.908. The molecular formula is C17H21N3O2S2. The summed E-state index contributed by atoms with van der Waals surface area (Å²) < 4.78 is 0. The van der Waals surface area contributed by atoms with Crippen molar-refractivity contribution in [3.8, 4) is 0 Å². The molecule has 1 aliphatic rings. The fourth-order valence-electron chi connectivity index (χ4n) is 2.93. The Labute approximate surface area is 149 Å². The zero-order valence-electron chi connectivity index (χ0n) is 13.9. The summed E-state index contributed by atoms with van der Waals surface area (Å²) in [4.78, 5) is 32.0. The summed E-state index contributed by atoms with van der Waals surface area (Å²) in [5, 5.41) is 7.82. The van der Waals surface area contributed by atoms with Crippen molar-refractivity contribution in [3.63, 3.8) is 0 Å². The molecule has 128 valence electrons. The molecule has 0 aliphatic carbocycles. The number of carbonyl (C=O) groups is 2. The number of aromatic nitrogens is 1. The van der Waals surface area contributed by atoms with E-state index in [0.29, 0.717) is 25.1 Å². The molecule has 3 rings (SSSR count). The normalized spacial score (nSPS) is 15.5. The highest BCUT2D eigenvalue weighted by atomic mass is 32.1. The monoisotopic (exact) mass is 363 g/mol. The molecule has 0 saturated carbocycles. The molecule has 1 fully saturated rings. The number of nitrogens with zero attached hydrogens (tertiary/aromatic N) is 2. The van der Waals surface area contributed by atoms with Gasteiger partial charge < -0.3 is 10.2 Å². The van der Waals surface area contributed by atoms with Crippen LogP contribution in [-0.4, -0.2) is 40.8 Å². The minimum Gasteiger partial charge on any atom is -0.349 e. The highest BCUT2D eigenvalue weighted by molar-refractivity contribution is 7.11. The van der Waals surface area contributed by atoms with Crippen molar-refractivity contribution in [2.24, 2.45) is 0 Å². The van der Waals surface area contributed by atoms with Gasteiger partial charge in [0.1, 0.15) is 0 Å². The van der Waals surface area contributed by atoms with Crippen LogP contribution in [0.15, 0.2) is 16.8 Å². The zero-order chi connectivity index (χ0) is 17.1. The maximum atomic E-state index is 12.4. The number of hydrogen-bond donors (Lipinski definition) is 1. The largest absolute Gasteiger partial charge is 0.349 e. The van der Waals surface area contributed by atoms with E-state index in [2.05, 4.69) is 10.3 Å². The van der Waals surface area contributed by atoms with Gasteiger partial charge in [0.25, 0.3) is 5.91 Å². The first-order chi connectivity index (χ1) is 11.5. The van der Waals surface area contributed by atoms with Gasteiger partial charge in [0.2, 0.25) is 5.91 Å². The third-order valence-electron chi connectivity index (χ3n) is 4.28. The van der Waals surface area contributed by atoms with Crippen LogP contribution >= 0.6 is 22.7 Å². The molecule has 2 aromatic heterocycles. The van der Waals surface area contributed by atoms with Crippen LogP contribution in [0.5, 0.6) is 0 Å². The van der Waals surface area contributed by atoms with Crippen molar-refractivity contribution >= 4 is 34.5 Å². The number of piperidine rings is 1. The van der Waals surface area contributed by atoms with Crippen molar-refractivity contribution in [2.45, 2.75) is 39.2 Å². The average molecular weight is 364 g/mol. The van der Waals surface area contributed by atoms with Crippen LogP contribution in [0.25, 0.3) is 0 Å². The minimum absolute atomic E-state index is 0.0189. The fraction of sp³-hybridized carbons (Fsp3) is 0.471. The van der Waals surface area contributed by atoms with E-state index in [-0.39, 0.29) is 17.9 Å². The molecule has 3 heterocycles. The number of likely N-dealkylation sites (tertiary alicyclic amines) is 1. The summed E-state index contributed by atoms with van der Waals surface area (Å²) in [5.41, 5.74) is 1.61. The SMILES string of the molecule is Cc1nc(CC(=O)N2CCC(NC(=O)c3ccsc3)CC2)c(C)s1. The average Bonchev–Trinajstić information content (AvgIpc) is 3.18. The van der Waals surface area contributed by atoms with Crippen molar-refractivity contribution in [1.82, 2.24) is 15.2 Å². The summed E-state index contributed by atoms with van der Waals surface area (Å²) in [7, 11) is 0. The first-order valence-corrected chi connectivity index (χ1v) is 9.82. The predicted molar refractivity (Wildman–Crippen MR) is 96.7 cm³/mol. The van der Waals surface area contributed by atoms with Crippen LogP contribution < -0.4 is 5.32 Å². The molecule has 2 aromatic rings. The highest BCUT2D eigenvalue weighted by Gasteiger charge is 2.25. The van der Waals surface area contributed by atoms with Gasteiger partial charge in [-0.25, -0.2) is 4.98 Å². The number of hydrogen-bond acceptors (Lipinski definition) is 5. The van der Waals surface area contributed by atoms with Crippen molar-refractivity contribution < 1.29 is 9.59 Å². The van der Waals surface area contributed by atoms with Gasteiger partial charge in [0, 0.05) is 35.0 Å². The van der Waals surface area contributed by atoms with E-state index in [0.717, 1.165) is 28.4 Å². The number of rotatable bonds is 4. The van der Waals surface area contributed by atoms with Gasteiger partial charge in [-0.15, -0.1) is 11.3 Å². The lowest BCUT2D eigenvalue weighted by Crippen LogP contribution is -2.47. The van der Waals surface area contributed by atoms with Gasteiger partial charge in [-0.05, 0) is 38.1 Å². The first kappa shape index (κ1) is 17.1. The number of amides is 2. The summed E-state index contributed by atoms with van der Waals surface area (Å²) in [5.74, 6) is 0.112. The molecule has 0 radical (unpaired) electrons. The second-order valence-electron chi connectivity index (χ2n) is 6.05. The van der Waals surface area contributed by atoms with Crippen LogP contribution in [0, 0.1) is 13.8 Å². The Kier molecular flexibility index (Phi) is 5.30. The molecule has 1 aliphatic heterocycles. The summed E-state index contributed by atoms with van der Waals surface area (Å²) in [6, 6.07) is 1.97. The minimum atomic E-state index is -0.0189. The lowest BCUT2D eigenvalue weighted by molar-refractivity contribution is -0.131. The van der Waals surface area contributed by atoms with Crippen molar-refractivity contribution in [2.75, 3.05) is 13.1 Å². The van der Waals surface area contributed by atoms with Gasteiger partial charge in [-0.2, -0.15) is 11.3 Å². The number of thiophene rings is 1. The standard InChI is InChI=1S/C17H21N3O2S2/c1-11-15(18-12(2)24-11)9-16(21)20-6-3-14(4-7-20)19-17(22)13-5-8-23-10-13/h5,8,10,14H,3-4,6-7,9H2,1-2H3,(H,19,22). The van der Waals surface area contributed by atoms with E-state index in [9.17, 15) is 9.59 Å². The molecule has 1 saturated heterocycles.